The Morgan fingerprint density at radius 2 is 2.24 bits per heavy atom. The lowest BCUT2D eigenvalue weighted by molar-refractivity contribution is -0.121. The molecule has 0 aliphatic heterocycles. The molecule has 0 aliphatic rings. The fraction of sp³-hybridized carbons (Fsp3) is 0.727. The Bertz CT molecular complexity index is 310. The molecule has 1 aromatic rings. The first-order valence-corrected chi connectivity index (χ1v) is 6.02. The molecule has 6 nitrogen and oxygen atoms in total. The predicted molar refractivity (Wildman–Crippen MR) is 65.4 cm³/mol. The third-order valence-corrected chi connectivity index (χ3v) is 2.19. The molecule has 0 fully saturated rings. The first kappa shape index (κ1) is 13.6. The largest absolute Gasteiger partial charge is 0.354 e. The average Bonchev–Trinajstić information content (AvgIpc) is 2.75. The van der Waals surface area contributed by atoms with Gasteiger partial charge in [-0.2, -0.15) is 0 Å². The molecule has 0 bridgehead atoms. The number of rotatable bonds is 8. The molecule has 1 heterocycles. The summed E-state index contributed by atoms with van der Waals surface area (Å²) in [6.45, 7) is 6.38. The van der Waals surface area contributed by atoms with Crippen molar-refractivity contribution in [2.75, 3.05) is 13.1 Å². The Hall–Kier alpha value is -1.43. The van der Waals surface area contributed by atoms with E-state index >= 15 is 0 Å². The Morgan fingerprint density at radius 1 is 1.41 bits per heavy atom. The minimum Gasteiger partial charge on any atom is -0.354 e. The van der Waals surface area contributed by atoms with Gasteiger partial charge in [0.05, 0.1) is 6.20 Å². The van der Waals surface area contributed by atoms with Crippen molar-refractivity contribution in [3.8, 4) is 0 Å². The van der Waals surface area contributed by atoms with Crippen LogP contribution in [0, 0.1) is 0 Å². The quantitative estimate of drug-likeness (QED) is 0.634. The Morgan fingerprint density at radius 3 is 2.88 bits per heavy atom. The normalized spacial score (nSPS) is 10.8. The minimum atomic E-state index is 0.101. The summed E-state index contributed by atoms with van der Waals surface area (Å²) < 4.78 is 1.80. The monoisotopic (exact) mass is 239 g/mol. The van der Waals surface area contributed by atoms with Crippen molar-refractivity contribution in [1.29, 1.82) is 0 Å². The molecular weight excluding hydrogens is 218 g/mol. The number of carbonyl (C=O) groups is 1. The van der Waals surface area contributed by atoms with E-state index in [-0.39, 0.29) is 11.9 Å². The third kappa shape index (κ3) is 6.68. The van der Waals surface area contributed by atoms with Crippen molar-refractivity contribution in [2.24, 2.45) is 0 Å². The first-order chi connectivity index (χ1) is 8.18. The van der Waals surface area contributed by atoms with Gasteiger partial charge in [0.25, 0.3) is 0 Å². The van der Waals surface area contributed by atoms with E-state index in [2.05, 4.69) is 20.9 Å². The first-order valence-electron chi connectivity index (χ1n) is 6.02. The van der Waals surface area contributed by atoms with Gasteiger partial charge in [-0.3, -0.25) is 9.48 Å². The molecule has 0 spiro atoms. The van der Waals surface area contributed by atoms with Crippen LogP contribution >= 0.6 is 0 Å². The number of hydrogen-bond acceptors (Lipinski definition) is 4. The number of aromatic nitrogens is 3. The zero-order chi connectivity index (χ0) is 12.5. The molecular formula is C11H21N5O. The highest BCUT2D eigenvalue weighted by atomic mass is 16.1. The van der Waals surface area contributed by atoms with E-state index in [4.69, 9.17) is 0 Å². The van der Waals surface area contributed by atoms with Gasteiger partial charge in [-0.1, -0.05) is 5.21 Å². The van der Waals surface area contributed by atoms with Crippen molar-refractivity contribution in [1.82, 2.24) is 25.6 Å². The summed E-state index contributed by atoms with van der Waals surface area (Å²) in [5, 5.41) is 13.7. The molecule has 1 amide bonds. The summed E-state index contributed by atoms with van der Waals surface area (Å²) in [6, 6.07) is 0.217. The molecule has 0 aromatic carbocycles. The highest BCUT2D eigenvalue weighted by molar-refractivity contribution is 5.76. The fourth-order valence-electron chi connectivity index (χ4n) is 1.44. The minimum absolute atomic E-state index is 0.101. The number of aryl methyl sites for hydroxylation is 1. The van der Waals surface area contributed by atoms with Crippen molar-refractivity contribution >= 4 is 5.91 Å². The third-order valence-electron chi connectivity index (χ3n) is 2.19. The summed E-state index contributed by atoms with van der Waals surface area (Å²) in [5.74, 6) is 0.101. The van der Waals surface area contributed by atoms with Crippen molar-refractivity contribution in [2.45, 2.75) is 39.3 Å². The molecule has 0 radical (unpaired) electrons. The maximum Gasteiger partial charge on any atom is 0.221 e. The Kier molecular flexibility index (Phi) is 6.24. The van der Waals surface area contributed by atoms with Crippen LogP contribution in [0.15, 0.2) is 12.4 Å². The predicted octanol–water partition coefficient (Wildman–Crippen LogP) is 0.173. The van der Waals surface area contributed by atoms with E-state index in [1.165, 1.54) is 0 Å². The number of carbonyl (C=O) groups excluding carboxylic acids is 1. The topological polar surface area (TPSA) is 71.8 Å². The highest BCUT2D eigenvalue weighted by Gasteiger charge is 2.01. The van der Waals surface area contributed by atoms with Crippen LogP contribution in [0.1, 0.15) is 26.7 Å². The Balaban J connectivity index is 1.92. The van der Waals surface area contributed by atoms with Gasteiger partial charge in [-0.25, -0.2) is 0 Å². The molecule has 2 N–H and O–H groups in total. The number of nitrogens with one attached hydrogen (secondary N) is 2. The van der Waals surface area contributed by atoms with Gasteiger partial charge in [-0.05, 0) is 26.8 Å². The van der Waals surface area contributed by atoms with Crippen LogP contribution in [0.3, 0.4) is 0 Å². The fourth-order valence-corrected chi connectivity index (χ4v) is 1.44. The SMILES string of the molecule is CC(C)NC(=O)CCNCCCn1ccnn1. The van der Waals surface area contributed by atoms with Gasteiger partial charge >= 0.3 is 0 Å². The van der Waals surface area contributed by atoms with Crippen molar-refractivity contribution < 1.29 is 4.79 Å². The zero-order valence-corrected chi connectivity index (χ0v) is 10.5. The lowest BCUT2D eigenvalue weighted by Crippen LogP contribution is -2.32. The average molecular weight is 239 g/mol. The van der Waals surface area contributed by atoms with Crippen LogP contribution in [-0.2, 0) is 11.3 Å². The second-order valence-corrected chi connectivity index (χ2v) is 4.24. The molecule has 0 saturated carbocycles. The number of nitrogens with zero attached hydrogens (tertiary/aromatic N) is 3. The van der Waals surface area contributed by atoms with Crippen LogP contribution < -0.4 is 10.6 Å². The van der Waals surface area contributed by atoms with Gasteiger partial charge in [0, 0.05) is 31.7 Å². The molecule has 96 valence electrons. The summed E-state index contributed by atoms with van der Waals surface area (Å²) >= 11 is 0. The summed E-state index contributed by atoms with van der Waals surface area (Å²) in [7, 11) is 0. The summed E-state index contributed by atoms with van der Waals surface area (Å²) in [4.78, 5) is 11.3. The smallest absolute Gasteiger partial charge is 0.221 e. The standard InChI is InChI=1S/C11H21N5O/c1-10(2)14-11(17)4-6-12-5-3-8-16-9-7-13-15-16/h7,9-10,12H,3-6,8H2,1-2H3,(H,14,17). The van der Waals surface area contributed by atoms with Crippen LogP contribution in [0.25, 0.3) is 0 Å². The molecule has 17 heavy (non-hydrogen) atoms. The molecule has 0 unspecified atom stereocenters. The Labute approximate surface area is 102 Å². The number of hydrogen-bond donors (Lipinski definition) is 2. The summed E-state index contributed by atoms with van der Waals surface area (Å²) in [5.41, 5.74) is 0. The number of amides is 1. The molecule has 0 aliphatic carbocycles. The van der Waals surface area contributed by atoms with Gasteiger partial charge < -0.3 is 10.6 Å². The van der Waals surface area contributed by atoms with Crippen LogP contribution in [0.4, 0.5) is 0 Å². The van der Waals surface area contributed by atoms with E-state index < -0.39 is 0 Å². The van der Waals surface area contributed by atoms with Crippen LogP contribution in [0.2, 0.25) is 0 Å². The maximum atomic E-state index is 11.3. The molecule has 6 heteroatoms. The van der Waals surface area contributed by atoms with Gasteiger partial charge in [0.2, 0.25) is 5.91 Å². The van der Waals surface area contributed by atoms with E-state index in [9.17, 15) is 4.79 Å². The lowest BCUT2D eigenvalue weighted by atomic mass is 10.3. The van der Waals surface area contributed by atoms with E-state index in [1.54, 1.807) is 10.9 Å². The molecule has 1 aromatic heterocycles. The van der Waals surface area contributed by atoms with Gasteiger partial charge in [0.1, 0.15) is 0 Å². The molecule has 0 atom stereocenters. The second kappa shape index (κ2) is 7.78. The molecule has 1 rings (SSSR count). The van der Waals surface area contributed by atoms with Gasteiger partial charge in [-0.15, -0.1) is 5.10 Å². The van der Waals surface area contributed by atoms with E-state index in [0.717, 1.165) is 26.1 Å². The van der Waals surface area contributed by atoms with E-state index in [0.29, 0.717) is 6.42 Å². The second-order valence-electron chi connectivity index (χ2n) is 4.24. The van der Waals surface area contributed by atoms with Crippen LogP contribution in [0.5, 0.6) is 0 Å². The van der Waals surface area contributed by atoms with Crippen molar-refractivity contribution in [3.63, 3.8) is 0 Å². The zero-order valence-electron chi connectivity index (χ0n) is 10.5. The van der Waals surface area contributed by atoms with Crippen LogP contribution in [-0.4, -0.2) is 40.0 Å². The van der Waals surface area contributed by atoms with E-state index in [1.807, 2.05) is 20.0 Å². The summed E-state index contributed by atoms with van der Waals surface area (Å²) in [6.07, 6.45) is 5.02. The highest BCUT2D eigenvalue weighted by Crippen LogP contribution is 1.86. The molecule has 0 saturated heterocycles. The van der Waals surface area contributed by atoms with Gasteiger partial charge in [0.15, 0.2) is 0 Å². The van der Waals surface area contributed by atoms with Crippen molar-refractivity contribution in [3.05, 3.63) is 12.4 Å². The maximum absolute atomic E-state index is 11.3. The lowest BCUT2D eigenvalue weighted by Gasteiger charge is -2.08.